The fourth-order valence-corrected chi connectivity index (χ4v) is 1.37. The monoisotopic (exact) mass is 238 g/mol. The molecule has 1 rings (SSSR count). The Labute approximate surface area is 92.5 Å². The molecule has 16 heavy (non-hydrogen) atoms. The van der Waals surface area contributed by atoms with E-state index in [1.165, 1.54) is 6.92 Å². The minimum absolute atomic E-state index is 0. The lowest BCUT2D eigenvalue weighted by molar-refractivity contribution is -0.258. The zero-order valence-corrected chi connectivity index (χ0v) is 8.94. The SMILES string of the molecule is CC(=O)OC1O[C@H](CO)[C@H](O)[C@H](O)[C@H]1N.N. The Morgan fingerprint density at radius 3 is 2.44 bits per heavy atom. The second-order valence-electron chi connectivity index (χ2n) is 3.39. The average Bonchev–Trinajstić information content (AvgIpc) is 2.18. The van der Waals surface area contributed by atoms with Crippen LogP contribution in [0.4, 0.5) is 0 Å². The molecule has 1 heterocycles. The molecule has 8 heteroatoms. The lowest BCUT2D eigenvalue weighted by Crippen LogP contribution is -2.62. The first kappa shape index (κ1) is 15.2. The van der Waals surface area contributed by atoms with Crippen molar-refractivity contribution in [1.29, 1.82) is 0 Å². The van der Waals surface area contributed by atoms with E-state index in [0.717, 1.165) is 0 Å². The molecule has 0 aromatic rings. The zero-order chi connectivity index (χ0) is 11.6. The predicted molar refractivity (Wildman–Crippen MR) is 52.5 cm³/mol. The highest BCUT2D eigenvalue weighted by atomic mass is 16.7. The summed E-state index contributed by atoms with van der Waals surface area (Å²) in [6.07, 6.45) is -4.76. The van der Waals surface area contributed by atoms with Crippen LogP contribution in [-0.2, 0) is 14.3 Å². The molecule has 96 valence electrons. The molecule has 1 aliphatic rings. The summed E-state index contributed by atoms with van der Waals surface area (Å²) in [5.74, 6) is -0.615. The molecule has 8 nitrogen and oxygen atoms in total. The number of carbonyl (C=O) groups is 1. The summed E-state index contributed by atoms with van der Waals surface area (Å²) in [7, 11) is 0. The molecule has 1 fully saturated rings. The lowest BCUT2D eigenvalue weighted by atomic mass is 9.98. The van der Waals surface area contributed by atoms with Crippen LogP contribution in [-0.4, -0.2) is 58.5 Å². The Kier molecular flexibility index (Phi) is 5.79. The van der Waals surface area contributed by atoms with Gasteiger partial charge in [0.1, 0.15) is 18.3 Å². The van der Waals surface area contributed by atoms with Crippen molar-refractivity contribution in [3.8, 4) is 0 Å². The Morgan fingerprint density at radius 1 is 1.44 bits per heavy atom. The summed E-state index contributed by atoms with van der Waals surface area (Å²) >= 11 is 0. The van der Waals surface area contributed by atoms with E-state index in [1.54, 1.807) is 0 Å². The van der Waals surface area contributed by atoms with E-state index < -0.39 is 43.2 Å². The first-order chi connectivity index (χ1) is 6.97. The van der Waals surface area contributed by atoms with E-state index in [1.807, 2.05) is 0 Å². The van der Waals surface area contributed by atoms with E-state index in [-0.39, 0.29) is 6.15 Å². The van der Waals surface area contributed by atoms with Gasteiger partial charge in [-0.05, 0) is 0 Å². The third-order valence-corrected chi connectivity index (χ3v) is 2.21. The number of hydrogen-bond donors (Lipinski definition) is 5. The fraction of sp³-hybridized carbons (Fsp3) is 0.875. The highest BCUT2D eigenvalue weighted by Gasteiger charge is 2.43. The Hall–Kier alpha value is -0.770. The summed E-state index contributed by atoms with van der Waals surface area (Å²) in [5, 5.41) is 27.7. The minimum atomic E-state index is -1.31. The van der Waals surface area contributed by atoms with Crippen molar-refractivity contribution in [1.82, 2.24) is 6.15 Å². The number of aliphatic hydroxyl groups is 3. The standard InChI is InChI=1S/C8H15NO6.H3N/c1-3(11)14-8-5(9)7(13)6(12)4(2-10)15-8;/h4-8,10,12-13H,2,9H2,1H3;1H3/t4-,5-,6+,7-,8?;/m1./s1. The molecule has 0 aromatic carbocycles. The summed E-state index contributed by atoms with van der Waals surface area (Å²) < 4.78 is 9.70. The van der Waals surface area contributed by atoms with Gasteiger partial charge in [0.05, 0.1) is 12.6 Å². The number of carbonyl (C=O) groups excluding carboxylic acids is 1. The van der Waals surface area contributed by atoms with Gasteiger partial charge in [-0.3, -0.25) is 4.79 Å². The van der Waals surface area contributed by atoms with Gasteiger partial charge in [0.2, 0.25) is 6.29 Å². The van der Waals surface area contributed by atoms with E-state index in [0.29, 0.717) is 0 Å². The Bertz CT molecular complexity index is 237. The van der Waals surface area contributed by atoms with Crippen LogP contribution in [0.25, 0.3) is 0 Å². The highest BCUT2D eigenvalue weighted by Crippen LogP contribution is 2.20. The number of ether oxygens (including phenoxy) is 2. The summed E-state index contributed by atoms with van der Waals surface area (Å²) in [6, 6.07) is -1.04. The molecule has 0 bridgehead atoms. The van der Waals surface area contributed by atoms with Crippen molar-refractivity contribution >= 4 is 5.97 Å². The van der Waals surface area contributed by atoms with Gasteiger partial charge in [0.15, 0.2) is 0 Å². The van der Waals surface area contributed by atoms with Crippen LogP contribution >= 0.6 is 0 Å². The molecule has 1 saturated heterocycles. The van der Waals surface area contributed by atoms with Gasteiger partial charge >= 0.3 is 5.97 Å². The second kappa shape index (κ2) is 6.09. The fourth-order valence-electron chi connectivity index (χ4n) is 1.37. The minimum Gasteiger partial charge on any atom is -0.434 e. The van der Waals surface area contributed by atoms with E-state index in [4.69, 9.17) is 15.6 Å². The second-order valence-corrected chi connectivity index (χ2v) is 3.39. The van der Waals surface area contributed by atoms with Gasteiger partial charge in [-0.1, -0.05) is 0 Å². The van der Waals surface area contributed by atoms with Crippen LogP contribution in [0.2, 0.25) is 0 Å². The Balaban J connectivity index is 0.00000225. The van der Waals surface area contributed by atoms with E-state index >= 15 is 0 Å². The van der Waals surface area contributed by atoms with Crippen LogP contribution in [0, 0.1) is 0 Å². The lowest BCUT2D eigenvalue weighted by Gasteiger charge is -2.39. The number of aliphatic hydroxyl groups excluding tert-OH is 3. The maximum atomic E-state index is 10.7. The molecule has 0 aliphatic carbocycles. The van der Waals surface area contributed by atoms with E-state index in [2.05, 4.69) is 4.74 Å². The quantitative estimate of drug-likeness (QED) is 0.330. The van der Waals surface area contributed by atoms with Crippen LogP contribution in [0.3, 0.4) is 0 Å². The number of rotatable bonds is 2. The van der Waals surface area contributed by atoms with Gasteiger partial charge in [0.25, 0.3) is 0 Å². The molecule has 0 spiro atoms. The average molecular weight is 238 g/mol. The molecule has 1 aliphatic heterocycles. The van der Waals surface area contributed by atoms with Gasteiger partial charge in [-0.2, -0.15) is 0 Å². The third-order valence-electron chi connectivity index (χ3n) is 2.21. The number of hydrogen-bond acceptors (Lipinski definition) is 8. The predicted octanol–water partition coefficient (Wildman–Crippen LogP) is -2.52. The van der Waals surface area contributed by atoms with Gasteiger partial charge in [0, 0.05) is 6.92 Å². The van der Waals surface area contributed by atoms with Crippen LogP contribution in [0.1, 0.15) is 6.92 Å². The first-order valence-corrected chi connectivity index (χ1v) is 4.52. The molecular weight excluding hydrogens is 220 g/mol. The number of esters is 1. The summed E-state index contributed by atoms with van der Waals surface area (Å²) in [6.45, 7) is 0.671. The maximum absolute atomic E-state index is 10.7. The van der Waals surface area contributed by atoms with Gasteiger partial charge in [-0.25, -0.2) is 0 Å². The normalized spacial score (nSPS) is 38.7. The molecule has 0 radical (unpaired) electrons. The molecule has 8 N–H and O–H groups in total. The molecule has 0 aromatic heterocycles. The van der Waals surface area contributed by atoms with Crippen LogP contribution in [0.5, 0.6) is 0 Å². The third kappa shape index (κ3) is 3.11. The molecule has 0 amide bonds. The zero-order valence-electron chi connectivity index (χ0n) is 8.94. The first-order valence-electron chi connectivity index (χ1n) is 4.52. The summed E-state index contributed by atoms with van der Waals surface area (Å²) in [4.78, 5) is 10.7. The maximum Gasteiger partial charge on any atom is 0.304 e. The van der Waals surface area contributed by atoms with Crippen molar-refractivity contribution in [2.24, 2.45) is 5.73 Å². The Morgan fingerprint density at radius 2 is 2.00 bits per heavy atom. The van der Waals surface area contributed by atoms with Crippen molar-refractivity contribution < 1.29 is 29.6 Å². The topological polar surface area (TPSA) is 157 Å². The van der Waals surface area contributed by atoms with Gasteiger partial charge in [-0.15, -0.1) is 0 Å². The van der Waals surface area contributed by atoms with Crippen molar-refractivity contribution in [2.45, 2.75) is 37.6 Å². The van der Waals surface area contributed by atoms with Crippen LogP contribution < -0.4 is 11.9 Å². The smallest absolute Gasteiger partial charge is 0.304 e. The van der Waals surface area contributed by atoms with Crippen molar-refractivity contribution in [2.75, 3.05) is 6.61 Å². The van der Waals surface area contributed by atoms with Crippen LogP contribution in [0.15, 0.2) is 0 Å². The largest absolute Gasteiger partial charge is 0.434 e. The highest BCUT2D eigenvalue weighted by molar-refractivity contribution is 5.66. The van der Waals surface area contributed by atoms with Crippen molar-refractivity contribution in [3.63, 3.8) is 0 Å². The summed E-state index contributed by atoms with van der Waals surface area (Å²) in [5.41, 5.74) is 5.48. The molecule has 0 saturated carbocycles. The van der Waals surface area contributed by atoms with Crippen molar-refractivity contribution in [3.05, 3.63) is 0 Å². The van der Waals surface area contributed by atoms with E-state index in [9.17, 15) is 15.0 Å². The molecular formula is C8H18N2O6. The molecule has 1 unspecified atom stereocenters. The molecule has 5 atom stereocenters. The number of nitrogens with two attached hydrogens (primary N) is 1. The van der Waals surface area contributed by atoms with Gasteiger partial charge < -0.3 is 36.7 Å².